The predicted octanol–water partition coefficient (Wildman–Crippen LogP) is 2.63. The first kappa shape index (κ1) is 19.7. The highest BCUT2D eigenvalue weighted by Crippen LogP contribution is 2.12. The Hall–Kier alpha value is -3.66. The van der Waals surface area contributed by atoms with Gasteiger partial charge < -0.3 is 15.4 Å². The Labute approximate surface area is 156 Å². The van der Waals surface area contributed by atoms with E-state index in [1.54, 1.807) is 42.5 Å². The molecule has 0 radical (unpaired) electrons. The van der Waals surface area contributed by atoms with Gasteiger partial charge in [-0.2, -0.15) is 5.26 Å². The molecule has 0 fully saturated rings. The SMILES string of the molecule is CC(=O)Nc1ccc(CC(=O)O[C@H](C)C(=O)Nc2cccc(C#N)c2)cc1. The number of nitrogens with one attached hydrogen (secondary N) is 2. The number of nitriles is 1. The van der Waals surface area contributed by atoms with Crippen LogP contribution in [0.3, 0.4) is 0 Å². The summed E-state index contributed by atoms with van der Waals surface area (Å²) in [6.45, 7) is 2.88. The van der Waals surface area contributed by atoms with Crippen LogP contribution in [-0.4, -0.2) is 23.9 Å². The van der Waals surface area contributed by atoms with E-state index in [-0.39, 0.29) is 12.3 Å². The fraction of sp³-hybridized carbons (Fsp3) is 0.200. The highest BCUT2D eigenvalue weighted by Gasteiger charge is 2.18. The van der Waals surface area contributed by atoms with Gasteiger partial charge in [0.15, 0.2) is 6.10 Å². The molecule has 2 aromatic carbocycles. The predicted molar refractivity (Wildman–Crippen MR) is 99.8 cm³/mol. The summed E-state index contributed by atoms with van der Waals surface area (Å²) in [7, 11) is 0. The van der Waals surface area contributed by atoms with E-state index in [1.165, 1.54) is 19.9 Å². The quantitative estimate of drug-likeness (QED) is 0.765. The monoisotopic (exact) mass is 365 g/mol. The minimum Gasteiger partial charge on any atom is -0.452 e. The average molecular weight is 365 g/mol. The summed E-state index contributed by atoms with van der Waals surface area (Å²) in [5.74, 6) is -1.21. The molecule has 0 saturated heterocycles. The molecule has 0 aliphatic carbocycles. The number of hydrogen-bond acceptors (Lipinski definition) is 5. The smallest absolute Gasteiger partial charge is 0.311 e. The van der Waals surface area contributed by atoms with E-state index >= 15 is 0 Å². The maximum atomic E-state index is 12.1. The third-order valence-electron chi connectivity index (χ3n) is 3.56. The lowest BCUT2D eigenvalue weighted by molar-refractivity contribution is -0.152. The van der Waals surface area contributed by atoms with E-state index in [4.69, 9.17) is 10.00 Å². The zero-order chi connectivity index (χ0) is 19.8. The number of esters is 1. The Morgan fingerprint density at radius 3 is 2.41 bits per heavy atom. The molecular formula is C20H19N3O4. The lowest BCUT2D eigenvalue weighted by Crippen LogP contribution is -2.30. The molecule has 2 aromatic rings. The molecule has 0 aliphatic heterocycles. The fourth-order valence-electron chi connectivity index (χ4n) is 2.28. The van der Waals surface area contributed by atoms with Crippen molar-refractivity contribution in [2.45, 2.75) is 26.4 Å². The Morgan fingerprint density at radius 2 is 1.78 bits per heavy atom. The van der Waals surface area contributed by atoms with Crippen molar-refractivity contribution in [2.75, 3.05) is 10.6 Å². The lowest BCUT2D eigenvalue weighted by atomic mass is 10.1. The van der Waals surface area contributed by atoms with Crippen molar-refractivity contribution in [3.63, 3.8) is 0 Å². The van der Waals surface area contributed by atoms with Crippen molar-refractivity contribution in [1.82, 2.24) is 0 Å². The van der Waals surface area contributed by atoms with Crippen LogP contribution in [0, 0.1) is 11.3 Å². The molecule has 0 spiro atoms. The van der Waals surface area contributed by atoms with Crippen molar-refractivity contribution in [2.24, 2.45) is 0 Å². The van der Waals surface area contributed by atoms with Crippen LogP contribution < -0.4 is 10.6 Å². The van der Waals surface area contributed by atoms with Crippen LogP contribution >= 0.6 is 0 Å². The second-order valence-electron chi connectivity index (χ2n) is 5.87. The molecule has 0 unspecified atom stereocenters. The molecule has 0 aliphatic rings. The number of nitrogens with zero attached hydrogens (tertiary/aromatic N) is 1. The van der Waals surface area contributed by atoms with Crippen molar-refractivity contribution in [1.29, 1.82) is 5.26 Å². The molecule has 7 heteroatoms. The number of amides is 2. The minimum absolute atomic E-state index is 0.00187. The number of carbonyl (C=O) groups is 3. The molecular weight excluding hydrogens is 346 g/mol. The van der Waals surface area contributed by atoms with Crippen LogP contribution in [-0.2, 0) is 25.5 Å². The highest BCUT2D eigenvalue weighted by atomic mass is 16.5. The molecule has 2 rings (SSSR count). The van der Waals surface area contributed by atoms with Crippen LogP contribution in [0.1, 0.15) is 25.0 Å². The van der Waals surface area contributed by atoms with Crippen molar-refractivity contribution in [3.8, 4) is 6.07 Å². The second kappa shape index (κ2) is 9.15. The van der Waals surface area contributed by atoms with E-state index in [0.717, 1.165) is 0 Å². The third-order valence-corrected chi connectivity index (χ3v) is 3.56. The topological polar surface area (TPSA) is 108 Å². The number of carbonyl (C=O) groups excluding carboxylic acids is 3. The van der Waals surface area contributed by atoms with Crippen molar-refractivity contribution >= 4 is 29.2 Å². The summed E-state index contributed by atoms with van der Waals surface area (Å²) < 4.78 is 5.15. The lowest BCUT2D eigenvalue weighted by Gasteiger charge is -2.14. The molecule has 0 saturated carbocycles. The van der Waals surface area contributed by atoms with Crippen LogP contribution in [0.15, 0.2) is 48.5 Å². The van der Waals surface area contributed by atoms with Crippen molar-refractivity contribution in [3.05, 3.63) is 59.7 Å². The molecule has 0 heterocycles. The molecule has 138 valence electrons. The Kier molecular flexibility index (Phi) is 6.67. The number of rotatable bonds is 6. The number of benzene rings is 2. The van der Waals surface area contributed by atoms with Gasteiger partial charge in [0, 0.05) is 18.3 Å². The van der Waals surface area contributed by atoms with E-state index in [0.29, 0.717) is 22.5 Å². The van der Waals surface area contributed by atoms with Gasteiger partial charge in [-0.05, 0) is 42.8 Å². The standard InChI is InChI=1S/C20H19N3O4/c1-13(20(26)23-18-5-3-4-16(10-18)12-21)27-19(25)11-15-6-8-17(9-7-15)22-14(2)24/h3-10,13H,11H2,1-2H3,(H,22,24)(H,23,26)/t13-/m1/s1. The molecule has 1 atom stereocenters. The van der Waals surface area contributed by atoms with Crippen LogP contribution in [0.5, 0.6) is 0 Å². The summed E-state index contributed by atoms with van der Waals surface area (Å²) in [4.78, 5) is 35.2. The Bertz CT molecular complexity index is 885. The van der Waals surface area contributed by atoms with Gasteiger partial charge >= 0.3 is 5.97 Å². The minimum atomic E-state index is -0.984. The first-order chi connectivity index (χ1) is 12.9. The largest absolute Gasteiger partial charge is 0.452 e. The highest BCUT2D eigenvalue weighted by molar-refractivity contribution is 5.95. The maximum Gasteiger partial charge on any atom is 0.311 e. The third kappa shape index (κ3) is 6.29. The van der Waals surface area contributed by atoms with Gasteiger partial charge in [0.25, 0.3) is 5.91 Å². The van der Waals surface area contributed by atoms with Gasteiger partial charge in [0.05, 0.1) is 18.1 Å². The van der Waals surface area contributed by atoms with Gasteiger partial charge in [-0.3, -0.25) is 14.4 Å². The second-order valence-corrected chi connectivity index (χ2v) is 5.87. The van der Waals surface area contributed by atoms with Gasteiger partial charge in [-0.15, -0.1) is 0 Å². The van der Waals surface area contributed by atoms with Gasteiger partial charge in [-0.25, -0.2) is 0 Å². The van der Waals surface area contributed by atoms with Gasteiger partial charge in [0.1, 0.15) is 0 Å². The number of ether oxygens (including phenoxy) is 1. The summed E-state index contributed by atoms with van der Waals surface area (Å²) in [6, 6.07) is 15.2. The first-order valence-corrected chi connectivity index (χ1v) is 8.24. The summed E-state index contributed by atoms with van der Waals surface area (Å²) >= 11 is 0. The first-order valence-electron chi connectivity index (χ1n) is 8.24. The van der Waals surface area contributed by atoms with Gasteiger partial charge in [-0.1, -0.05) is 18.2 Å². The Morgan fingerprint density at radius 1 is 1.07 bits per heavy atom. The number of anilines is 2. The fourth-order valence-corrected chi connectivity index (χ4v) is 2.28. The molecule has 0 aromatic heterocycles. The van der Waals surface area contributed by atoms with E-state index in [9.17, 15) is 14.4 Å². The van der Waals surface area contributed by atoms with E-state index in [1.807, 2.05) is 6.07 Å². The normalized spacial score (nSPS) is 11.0. The van der Waals surface area contributed by atoms with Crippen molar-refractivity contribution < 1.29 is 19.1 Å². The Balaban J connectivity index is 1.87. The molecule has 27 heavy (non-hydrogen) atoms. The molecule has 7 nitrogen and oxygen atoms in total. The van der Waals surface area contributed by atoms with Gasteiger partial charge in [0.2, 0.25) is 5.91 Å². The zero-order valence-corrected chi connectivity index (χ0v) is 15.0. The van der Waals surface area contributed by atoms with E-state index < -0.39 is 18.0 Å². The van der Waals surface area contributed by atoms with E-state index in [2.05, 4.69) is 10.6 Å². The molecule has 0 bridgehead atoms. The maximum absolute atomic E-state index is 12.1. The van der Waals surface area contributed by atoms with Crippen LogP contribution in [0.25, 0.3) is 0 Å². The molecule has 2 N–H and O–H groups in total. The number of hydrogen-bond donors (Lipinski definition) is 2. The van der Waals surface area contributed by atoms with Crippen LogP contribution in [0.2, 0.25) is 0 Å². The summed E-state index contributed by atoms with van der Waals surface area (Å²) in [5, 5.41) is 14.1. The zero-order valence-electron chi connectivity index (χ0n) is 15.0. The molecule has 2 amide bonds. The summed E-state index contributed by atoms with van der Waals surface area (Å²) in [6.07, 6.45) is -0.982. The summed E-state index contributed by atoms with van der Waals surface area (Å²) in [5.41, 5.74) is 2.20. The average Bonchev–Trinajstić information content (AvgIpc) is 2.63. The van der Waals surface area contributed by atoms with Crippen LogP contribution in [0.4, 0.5) is 11.4 Å².